The van der Waals surface area contributed by atoms with Crippen molar-refractivity contribution in [3.8, 4) is 0 Å². The molecule has 0 saturated heterocycles. The molecule has 3 aromatic rings. The molecule has 0 atom stereocenters. The van der Waals surface area contributed by atoms with Crippen molar-refractivity contribution in [2.45, 2.75) is 26.8 Å². The maximum absolute atomic E-state index is 13.3. The van der Waals surface area contributed by atoms with Crippen LogP contribution in [0.25, 0.3) is 10.9 Å². The van der Waals surface area contributed by atoms with E-state index in [1.807, 2.05) is 12.1 Å². The molecule has 0 aliphatic heterocycles. The van der Waals surface area contributed by atoms with Gasteiger partial charge in [0.2, 0.25) is 0 Å². The van der Waals surface area contributed by atoms with Crippen molar-refractivity contribution in [1.82, 2.24) is 4.57 Å². The second-order valence-corrected chi connectivity index (χ2v) is 5.46. The van der Waals surface area contributed by atoms with E-state index in [1.165, 1.54) is 24.3 Å². The normalized spacial score (nSPS) is 10.2. The molecule has 0 radical (unpaired) electrons. The summed E-state index contributed by atoms with van der Waals surface area (Å²) < 4.78 is 32.9. The molecule has 0 fully saturated rings. The molecule has 0 unspecified atom stereocenters. The number of carbonyl (C=O) groups is 1. The minimum atomic E-state index is -0.233. The Morgan fingerprint density at radius 2 is 1.80 bits per heavy atom. The van der Waals surface area contributed by atoms with Crippen LogP contribution < -0.4 is 0 Å². The van der Waals surface area contributed by atoms with Crippen molar-refractivity contribution >= 4 is 17.4 Å². The van der Waals surface area contributed by atoms with E-state index in [2.05, 4.69) is 16.2 Å². The highest BCUT2D eigenvalue weighted by Gasteiger charge is 2.09. The van der Waals surface area contributed by atoms with Crippen LogP contribution in [0.1, 0.15) is 25.1 Å². The Balaban J connectivity index is 0.000000399. The predicted molar refractivity (Wildman–Crippen MR) is 94.5 cm³/mol. The molecule has 1 aromatic heterocycles. The summed E-state index contributed by atoms with van der Waals surface area (Å²) in [6, 6.07) is 13.4. The zero-order valence-electron chi connectivity index (χ0n) is 14.3. The predicted octanol–water partition coefficient (Wildman–Crippen LogP) is 4.71. The lowest BCUT2D eigenvalue weighted by molar-refractivity contribution is -0.128. The van der Waals surface area contributed by atoms with Gasteiger partial charge in [-0.2, -0.15) is 0 Å². The van der Waals surface area contributed by atoms with Crippen molar-refractivity contribution in [2.75, 3.05) is 6.61 Å². The third-order valence-electron chi connectivity index (χ3n) is 3.78. The van der Waals surface area contributed by atoms with Gasteiger partial charge in [0.1, 0.15) is 11.6 Å². The summed E-state index contributed by atoms with van der Waals surface area (Å²) in [5.41, 5.74) is 3.00. The standard InChI is InChI=1S/C17H15F2N.C3H6O2/c1-2-16-10-13-9-15(19)6-7-17(13)20(16)11-12-4-3-5-14(18)8-12;1-2-5-3-4/h3-10H,2,11H2,1H3;3H,2H2,1H3. The third-order valence-corrected chi connectivity index (χ3v) is 3.78. The van der Waals surface area contributed by atoms with E-state index in [4.69, 9.17) is 0 Å². The molecular weight excluding hydrogens is 324 g/mol. The van der Waals surface area contributed by atoms with Crippen LogP contribution in [0.2, 0.25) is 0 Å². The molecule has 0 spiro atoms. The Morgan fingerprint density at radius 3 is 2.40 bits per heavy atom. The number of benzene rings is 2. The van der Waals surface area contributed by atoms with Gasteiger partial charge in [-0.3, -0.25) is 4.79 Å². The Kier molecular flexibility index (Phi) is 6.69. The first-order valence-electron chi connectivity index (χ1n) is 8.16. The highest BCUT2D eigenvalue weighted by molar-refractivity contribution is 5.81. The molecule has 0 bridgehead atoms. The fraction of sp³-hybridized carbons (Fsp3) is 0.250. The Labute approximate surface area is 145 Å². The minimum absolute atomic E-state index is 0.233. The number of fused-ring (bicyclic) bond motifs is 1. The lowest BCUT2D eigenvalue weighted by Gasteiger charge is -2.10. The molecule has 0 aliphatic rings. The summed E-state index contributed by atoms with van der Waals surface area (Å²) in [5.74, 6) is -0.467. The van der Waals surface area contributed by atoms with Crippen molar-refractivity contribution in [1.29, 1.82) is 0 Å². The minimum Gasteiger partial charge on any atom is -0.468 e. The van der Waals surface area contributed by atoms with Crippen molar-refractivity contribution < 1.29 is 18.3 Å². The monoisotopic (exact) mass is 345 g/mol. The Bertz CT molecular complexity index is 843. The van der Waals surface area contributed by atoms with Crippen molar-refractivity contribution in [2.24, 2.45) is 0 Å². The molecule has 25 heavy (non-hydrogen) atoms. The van der Waals surface area contributed by atoms with Crippen molar-refractivity contribution in [3.63, 3.8) is 0 Å². The second kappa shape index (κ2) is 8.97. The van der Waals surface area contributed by atoms with E-state index in [1.54, 1.807) is 19.1 Å². The zero-order valence-corrected chi connectivity index (χ0v) is 14.3. The fourth-order valence-corrected chi connectivity index (χ4v) is 2.66. The van der Waals surface area contributed by atoms with Gasteiger partial charge in [0.15, 0.2) is 0 Å². The summed E-state index contributed by atoms with van der Waals surface area (Å²) in [5, 5.41) is 0.887. The molecule has 0 N–H and O–H groups in total. The largest absolute Gasteiger partial charge is 0.468 e. The Hall–Kier alpha value is -2.69. The van der Waals surface area contributed by atoms with Crippen LogP contribution >= 0.6 is 0 Å². The summed E-state index contributed by atoms with van der Waals surface area (Å²) >= 11 is 0. The number of ether oxygens (including phenoxy) is 1. The number of aromatic nitrogens is 1. The molecule has 3 nitrogen and oxygen atoms in total. The van der Waals surface area contributed by atoms with Crippen LogP contribution in [0, 0.1) is 11.6 Å². The van der Waals surface area contributed by atoms with Gasteiger partial charge in [0, 0.05) is 23.1 Å². The van der Waals surface area contributed by atoms with E-state index in [0.717, 1.165) is 28.6 Å². The van der Waals surface area contributed by atoms with Gasteiger partial charge in [0.25, 0.3) is 6.47 Å². The molecule has 0 amide bonds. The summed E-state index contributed by atoms with van der Waals surface area (Å²) in [6.07, 6.45) is 0.853. The fourth-order valence-electron chi connectivity index (χ4n) is 2.66. The first-order valence-corrected chi connectivity index (χ1v) is 8.16. The number of rotatable bonds is 5. The van der Waals surface area contributed by atoms with Gasteiger partial charge in [0.05, 0.1) is 6.61 Å². The average Bonchev–Trinajstić information content (AvgIpc) is 2.93. The number of hydrogen-bond donors (Lipinski definition) is 0. The molecule has 0 saturated carbocycles. The van der Waals surface area contributed by atoms with E-state index in [-0.39, 0.29) is 11.6 Å². The lowest BCUT2D eigenvalue weighted by Crippen LogP contribution is -2.03. The number of hydrogen-bond acceptors (Lipinski definition) is 2. The molecule has 3 rings (SSSR count). The molecule has 0 aliphatic carbocycles. The second-order valence-electron chi connectivity index (χ2n) is 5.46. The SMILES string of the molecule is CCOC=O.CCc1cc2cc(F)ccc2n1Cc1cccc(F)c1. The number of carbonyl (C=O) groups excluding carboxylic acids is 1. The summed E-state index contributed by atoms with van der Waals surface area (Å²) in [6.45, 7) is 5.32. The van der Waals surface area contributed by atoms with Gasteiger partial charge in [-0.05, 0) is 55.3 Å². The molecule has 132 valence electrons. The van der Waals surface area contributed by atoms with Gasteiger partial charge in [-0.25, -0.2) is 8.78 Å². The smallest absolute Gasteiger partial charge is 0.293 e. The van der Waals surface area contributed by atoms with Crippen LogP contribution in [0.4, 0.5) is 8.78 Å². The maximum atomic E-state index is 13.3. The average molecular weight is 345 g/mol. The van der Waals surface area contributed by atoms with Gasteiger partial charge in [-0.1, -0.05) is 19.1 Å². The maximum Gasteiger partial charge on any atom is 0.293 e. The van der Waals surface area contributed by atoms with E-state index in [0.29, 0.717) is 19.6 Å². The molecule has 2 aromatic carbocycles. The zero-order chi connectivity index (χ0) is 18.2. The van der Waals surface area contributed by atoms with Crippen LogP contribution in [0.5, 0.6) is 0 Å². The highest BCUT2D eigenvalue weighted by atomic mass is 19.1. The van der Waals surface area contributed by atoms with Gasteiger partial charge >= 0.3 is 0 Å². The first-order chi connectivity index (χ1) is 12.1. The first kappa shape index (κ1) is 18.6. The molecular formula is C20H21F2NO2. The lowest BCUT2D eigenvalue weighted by atomic mass is 10.2. The van der Waals surface area contributed by atoms with Crippen LogP contribution in [-0.2, 0) is 22.5 Å². The van der Waals surface area contributed by atoms with Crippen LogP contribution in [-0.4, -0.2) is 17.6 Å². The van der Waals surface area contributed by atoms with E-state index < -0.39 is 0 Å². The summed E-state index contributed by atoms with van der Waals surface area (Å²) in [4.78, 5) is 9.18. The van der Waals surface area contributed by atoms with E-state index in [9.17, 15) is 13.6 Å². The van der Waals surface area contributed by atoms with Gasteiger partial charge in [-0.15, -0.1) is 0 Å². The highest BCUT2D eigenvalue weighted by Crippen LogP contribution is 2.23. The number of halogens is 2. The van der Waals surface area contributed by atoms with Crippen LogP contribution in [0.3, 0.4) is 0 Å². The summed E-state index contributed by atoms with van der Waals surface area (Å²) in [7, 11) is 0. The Morgan fingerprint density at radius 1 is 1.04 bits per heavy atom. The molecule has 5 heteroatoms. The topological polar surface area (TPSA) is 31.2 Å². The third kappa shape index (κ3) is 4.89. The molecule has 1 heterocycles. The number of aryl methyl sites for hydroxylation is 1. The quantitative estimate of drug-likeness (QED) is 0.627. The number of nitrogens with zero attached hydrogens (tertiary/aromatic N) is 1. The van der Waals surface area contributed by atoms with Crippen LogP contribution in [0.15, 0.2) is 48.5 Å². The van der Waals surface area contributed by atoms with Crippen molar-refractivity contribution in [3.05, 3.63) is 71.4 Å². The van der Waals surface area contributed by atoms with Gasteiger partial charge < -0.3 is 9.30 Å². The van der Waals surface area contributed by atoms with E-state index >= 15 is 0 Å².